The first-order chi connectivity index (χ1) is 6.05. The van der Waals surface area contributed by atoms with E-state index >= 15 is 0 Å². The van der Waals surface area contributed by atoms with Gasteiger partial charge in [0.1, 0.15) is 7.28 Å². The van der Waals surface area contributed by atoms with Crippen molar-refractivity contribution < 1.29 is 4.74 Å². The van der Waals surface area contributed by atoms with Crippen molar-refractivity contribution in [1.82, 2.24) is 0 Å². The van der Waals surface area contributed by atoms with Crippen molar-refractivity contribution in [3.05, 3.63) is 0 Å². The zero-order valence-corrected chi connectivity index (χ0v) is 9.10. The second kappa shape index (κ2) is 3.01. The number of hydrogen-bond donors (Lipinski definition) is 0. The van der Waals surface area contributed by atoms with Crippen LogP contribution in [0.3, 0.4) is 0 Å². The van der Waals surface area contributed by atoms with Gasteiger partial charge >= 0.3 is 0 Å². The highest BCUT2D eigenvalue weighted by molar-refractivity contribution is 6.35. The van der Waals surface area contributed by atoms with E-state index in [9.17, 15) is 0 Å². The van der Waals surface area contributed by atoms with Crippen LogP contribution in [0.2, 0.25) is 12.6 Å². The molecule has 0 aromatic carbocycles. The van der Waals surface area contributed by atoms with Crippen molar-refractivity contribution in [2.75, 3.05) is 0 Å². The van der Waals surface area contributed by atoms with E-state index in [0.29, 0.717) is 0 Å². The smallest absolute Gasteiger partial charge is 0.110 e. The molecule has 2 heteroatoms. The third-order valence-corrected chi connectivity index (χ3v) is 3.69. The van der Waals surface area contributed by atoms with Crippen LogP contribution in [0.25, 0.3) is 0 Å². The van der Waals surface area contributed by atoms with E-state index < -0.39 is 0 Å². The molecule has 3 atom stereocenters. The summed E-state index contributed by atoms with van der Waals surface area (Å²) in [4.78, 5) is 0. The van der Waals surface area contributed by atoms with Gasteiger partial charge < -0.3 is 4.74 Å². The fourth-order valence-electron chi connectivity index (χ4n) is 3.31. The molecule has 13 heavy (non-hydrogen) atoms. The van der Waals surface area contributed by atoms with E-state index in [0.717, 1.165) is 5.82 Å². The van der Waals surface area contributed by atoms with Gasteiger partial charge in [0.05, 0.1) is 11.2 Å². The maximum absolute atomic E-state index is 6.07. The maximum Gasteiger partial charge on any atom is 0.110 e. The van der Waals surface area contributed by atoms with Gasteiger partial charge in [-0.15, -0.1) is 0 Å². The third kappa shape index (κ3) is 1.78. The van der Waals surface area contributed by atoms with Crippen LogP contribution in [0.5, 0.6) is 0 Å². The zero-order valence-electron chi connectivity index (χ0n) is 9.10. The molecule has 2 saturated heterocycles. The molecule has 0 aromatic heterocycles. The highest BCUT2D eigenvalue weighted by Crippen LogP contribution is 2.51. The molecule has 73 valence electrons. The molecule has 0 aromatic rings. The molecular weight excluding hydrogens is 159 g/mol. The van der Waals surface area contributed by atoms with Crippen LogP contribution in [0.15, 0.2) is 0 Å². The topological polar surface area (TPSA) is 9.23 Å². The Hall–Kier alpha value is 0.0249. The van der Waals surface area contributed by atoms with E-state index in [-0.39, 0.29) is 11.2 Å². The summed E-state index contributed by atoms with van der Waals surface area (Å²) in [5.41, 5.74) is 0.430. The molecular formula is C11H20BO. The Labute approximate surface area is 82.5 Å². The summed E-state index contributed by atoms with van der Waals surface area (Å²) in [5, 5.41) is 0. The first-order valence-corrected chi connectivity index (χ1v) is 5.55. The van der Waals surface area contributed by atoms with E-state index in [1.807, 2.05) is 0 Å². The first kappa shape index (κ1) is 9.58. The van der Waals surface area contributed by atoms with Crippen LogP contribution in [0.4, 0.5) is 0 Å². The Morgan fingerprint density at radius 1 is 1.31 bits per heavy atom. The minimum atomic E-state index is 0.201. The summed E-state index contributed by atoms with van der Waals surface area (Å²) >= 11 is 0. The molecule has 1 aliphatic carbocycles. The quantitative estimate of drug-likeness (QED) is 0.562. The van der Waals surface area contributed by atoms with E-state index in [1.54, 1.807) is 0 Å². The predicted molar refractivity (Wildman–Crippen MR) is 56.3 cm³/mol. The number of ether oxygens (including phenoxy) is 1. The van der Waals surface area contributed by atoms with Crippen LogP contribution in [0.1, 0.15) is 46.0 Å². The molecule has 2 bridgehead atoms. The van der Waals surface area contributed by atoms with Gasteiger partial charge in [-0.1, -0.05) is 25.5 Å². The molecule has 3 aliphatic rings. The molecule has 0 N–H and O–H groups in total. The molecule has 2 aliphatic heterocycles. The largest absolute Gasteiger partial charge is 0.369 e. The Morgan fingerprint density at radius 3 is 2.62 bits per heavy atom. The fourth-order valence-corrected chi connectivity index (χ4v) is 3.31. The molecule has 1 nitrogen and oxygen atoms in total. The SMILES string of the molecule is C[B]C1CCCC2(C)CC(C)(C1)O2. The van der Waals surface area contributed by atoms with Gasteiger partial charge in [-0.2, -0.15) is 0 Å². The minimum Gasteiger partial charge on any atom is -0.369 e. The third-order valence-electron chi connectivity index (χ3n) is 3.69. The van der Waals surface area contributed by atoms with Crippen LogP contribution in [0, 0.1) is 0 Å². The summed E-state index contributed by atoms with van der Waals surface area (Å²) in [7, 11) is 2.36. The first-order valence-electron chi connectivity index (χ1n) is 5.55. The second-order valence-electron chi connectivity index (χ2n) is 5.37. The predicted octanol–water partition coefficient (Wildman–Crippen LogP) is 3.04. The Morgan fingerprint density at radius 2 is 2.00 bits per heavy atom. The van der Waals surface area contributed by atoms with Gasteiger partial charge in [0, 0.05) is 6.42 Å². The van der Waals surface area contributed by atoms with Crippen molar-refractivity contribution in [3.8, 4) is 0 Å². The van der Waals surface area contributed by atoms with Gasteiger partial charge in [0.2, 0.25) is 0 Å². The Bertz CT molecular complexity index is 196. The highest BCUT2D eigenvalue weighted by Gasteiger charge is 2.51. The van der Waals surface area contributed by atoms with Crippen molar-refractivity contribution in [3.63, 3.8) is 0 Å². The number of hydrogen-bond acceptors (Lipinski definition) is 1. The van der Waals surface area contributed by atoms with Gasteiger partial charge in [-0.3, -0.25) is 0 Å². The van der Waals surface area contributed by atoms with Crippen LogP contribution >= 0.6 is 0 Å². The Balaban J connectivity index is 2.01. The van der Waals surface area contributed by atoms with Gasteiger partial charge in [0.15, 0.2) is 0 Å². The van der Waals surface area contributed by atoms with Crippen LogP contribution < -0.4 is 0 Å². The summed E-state index contributed by atoms with van der Waals surface area (Å²) in [6.07, 6.45) is 6.46. The van der Waals surface area contributed by atoms with E-state index in [1.165, 1.54) is 32.1 Å². The lowest BCUT2D eigenvalue weighted by Gasteiger charge is -2.56. The lowest BCUT2D eigenvalue weighted by atomic mass is 9.57. The van der Waals surface area contributed by atoms with Crippen molar-refractivity contribution in [2.24, 2.45) is 0 Å². The summed E-state index contributed by atoms with van der Waals surface area (Å²) < 4.78 is 6.07. The van der Waals surface area contributed by atoms with Gasteiger partial charge in [0.25, 0.3) is 0 Å². The maximum atomic E-state index is 6.07. The van der Waals surface area contributed by atoms with Crippen molar-refractivity contribution in [2.45, 2.75) is 69.8 Å². The van der Waals surface area contributed by atoms with Crippen LogP contribution in [-0.4, -0.2) is 18.5 Å². The Kier molecular flexibility index (Phi) is 2.22. The molecule has 2 heterocycles. The minimum absolute atomic E-state index is 0.201. The van der Waals surface area contributed by atoms with Crippen LogP contribution in [-0.2, 0) is 4.74 Å². The number of fused-ring (bicyclic) bond motifs is 4. The summed E-state index contributed by atoms with van der Waals surface area (Å²) in [6, 6.07) is 0. The fraction of sp³-hybridized carbons (Fsp3) is 1.00. The molecule has 3 unspecified atom stereocenters. The molecule has 0 amide bonds. The average molecular weight is 179 g/mol. The summed E-state index contributed by atoms with van der Waals surface area (Å²) in [5.74, 6) is 0.787. The lowest BCUT2D eigenvalue weighted by Crippen LogP contribution is -2.57. The molecule has 1 radical (unpaired) electrons. The normalized spacial score (nSPS) is 50.2. The van der Waals surface area contributed by atoms with Crippen molar-refractivity contribution in [1.29, 1.82) is 0 Å². The van der Waals surface area contributed by atoms with Gasteiger partial charge in [-0.25, -0.2) is 0 Å². The standard InChI is InChI=1S/C11H20BO/c1-10-6-4-5-9(12-3)7-11(2,8-10)13-10/h9H,4-8H2,1-3H3. The highest BCUT2D eigenvalue weighted by atomic mass is 16.5. The summed E-state index contributed by atoms with van der Waals surface area (Å²) in [6.45, 7) is 6.73. The number of rotatable bonds is 1. The zero-order chi connectivity index (χ0) is 9.53. The molecule has 0 spiro atoms. The molecule has 1 saturated carbocycles. The van der Waals surface area contributed by atoms with E-state index in [4.69, 9.17) is 4.74 Å². The monoisotopic (exact) mass is 179 g/mol. The average Bonchev–Trinajstić information content (AvgIpc) is 1.96. The lowest BCUT2D eigenvalue weighted by molar-refractivity contribution is -0.266. The van der Waals surface area contributed by atoms with Gasteiger partial charge in [-0.05, 0) is 26.7 Å². The van der Waals surface area contributed by atoms with Crippen molar-refractivity contribution >= 4 is 7.28 Å². The molecule has 3 rings (SSSR count). The molecule has 3 fully saturated rings. The van der Waals surface area contributed by atoms with E-state index in [2.05, 4.69) is 28.0 Å². The second-order valence-corrected chi connectivity index (χ2v) is 5.37.